The summed E-state index contributed by atoms with van der Waals surface area (Å²) in [6.45, 7) is 0.688. The van der Waals surface area contributed by atoms with Gasteiger partial charge in [-0.3, -0.25) is 4.79 Å². The van der Waals surface area contributed by atoms with E-state index in [1.165, 1.54) is 11.8 Å². The Bertz CT molecular complexity index is 1020. The van der Waals surface area contributed by atoms with E-state index in [4.69, 9.17) is 18.6 Å². The van der Waals surface area contributed by atoms with E-state index < -0.39 is 0 Å². The number of hydrogen-bond acceptors (Lipinski definition) is 7. The molecular formula is C20H16N2O5S. The molecule has 0 spiro atoms. The maximum atomic E-state index is 11.9. The first-order valence-electron chi connectivity index (χ1n) is 8.51. The Morgan fingerprint density at radius 1 is 1.18 bits per heavy atom. The van der Waals surface area contributed by atoms with Crippen molar-refractivity contribution < 1.29 is 23.4 Å². The van der Waals surface area contributed by atoms with Crippen LogP contribution >= 0.6 is 11.8 Å². The van der Waals surface area contributed by atoms with E-state index >= 15 is 0 Å². The van der Waals surface area contributed by atoms with Gasteiger partial charge in [0.2, 0.25) is 12.7 Å². The van der Waals surface area contributed by atoms with Gasteiger partial charge in [0.05, 0.1) is 12.3 Å². The molecule has 2 heterocycles. The fourth-order valence-corrected chi connectivity index (χ4v) is 3.10. The van der Waals surface area contributed by atoms with Gasteiger partial charge in [0.25, 0.3) is 5.22 Å². The Morgan fingerprint density at radius 3 is 3.00 bits per heavy atom. The Labute approximate surface area is 165 Å². The normalized spacial score (nSPS) is 11.7. The molecule has 4 rings (SSSR count). The first-order valence-corrected chi connectivity index (χ1v) is 9.50. The number of carbonyl (C=O) groups is 1. The lowest BCUT2D eigenvalue weighted by Gasteiger charge is -2.03. The fraction of sp³-hybridized carbons (Fsp3) is 0.200. The average molecular weight is 396 g/mol. The standard InChI is InChI=1S/C20H16N2O5S/c23-19(12-28-20-22-15-5-1-2-6-16(15)27-20)21-9-3-4-10-24-14-7-8-17-18(11-14)26-13-25-17/h1-2,5-8,11H,9-10,12-13H2,(H,21,23). The van der Waals surface area contributed by atoms with Gasteiger partial charge < -0.3 is 23.9 Å². The number of aromatic nitrogens is 1. The second-order valence-corrected chi connectivity index (χ2v) is 6.60. The summed E-state index contributed by atoms with van der Waals surface area (Å²) in [5.41, 5.74) is 1.48. The number of para-hydroxylation sites is 2. The summed E-state index contributed by atoms with van der Waals surface area (Å²) < 4.78 is 21.6. The number of oxazole rings is 1. The molecule has 1 N–H and O–H groups in total. The van der Waals surface area contributed by atoms with Gasteiger partial charge in [-0.25, -0.2) is 4.98 Å². The van der Waals surface area contributed by atoms with Crippen LogP contribution in [-0.2, 0) is 4.79 Å². The number of thioether (sulfide) groups is 1. The van der Waals surface area contributed by atoms with E-state index in [0.29, 0.717) is 28.1 Å². The Hall–Kier alpha value is -3.31. The summed E-state index contributed by atoms with van der Waals surface area (Å²) in [5, 5.41) is 3.20. The molecule has 1 aliphatic rings. The number of rotatable bonds is 6. The quantitative estimate of drug-likeness (QED) is 0.507. The van der Waals surface area contributed by atoms with E-state index in [2.05, 4.69) is 22.1 Å². The lowest BCUT2D eigenvalue weighted by Crippen LogP contribution is -2.25. The van der Waals surface area contributed by atoms with Crippen LogP contribution in [0.5, 0.6) is 17.2 Å². The fourth-order valence-electron chi connectivity index (χ4n) is 2.43. The number of amides is 1. The second-order valence-electron chi connectivity index (χ2n) is 5.67. The SMILES string of the molecule is O=C(CSc1nc2ccccc2o1)NCC#CCOc1ccc2c(c1)OCO2. The zero-order valence-corrected chi connectivity index (χ0v) is 15.6. The highest BCUT2D eigenvalue weighted by atomic mass is 32.2. The van der Waals surface area contributed by atoms with Crippen LogP contribution in [0.2, 0.25) is 0 Å². The zero-order valence-electron chi connectivity index (χ0n) is 14.8. The van der Waals surface area contributed by atoms with Crippen LogP contribution in [0.15, 0.2) is 52.1 Å². The van der Waals surface area contributed by atoms with E-state index in [1.807, 2.05) is 24.3 Å². The Kier molecular flexibility index (Phi) is 5.54. The summed E-state index contributed by atoms with van der Waals surface area (Å²) >= 11 is 1.24. The van der Waals surface area contributed by atoms with Crippen molar-refractivity contribution in [2.75, 3.05) is 25.7 Å². The highest BCUT2D eigenvalue weighted by Crippen LogP contribution is 2.34. The maximum Gasteiger partial charge on any atom is 0.257 e. The molecule has 0 bridgehead atoms. The third-order valence-corrected chi connectivity index (χ3v) is 4.58. The molecule has 0 aliphatic carbocycles. The van der Waals surface area contributed by atoms with E-state index in [0.717, 1.165) is 5.52 Å². The molecule has 0 fully saturated rings. The summed E-state index contributed by atoms with van der Waals surface area (Å²) in [5.74, 6) is 7.79. The van der Waals surface area contributed by atoms with Gasteiger partial charge in [0, 0.05) is 6.07 Å². The van der Waals surface area contributed by atoms with Gasteiger partial charge in [-0.15, -0.1) is 0 Å². The van der Waals surface area contributed by atoms with Crippen molar-refractivity contribution in [3.05, 3.63) is 42.5 Å². The summed E-state index contributed by atoms with van der Waals surface area (Å²) in [4.78, 5) is 16.2. The van der Waals surface area contributed by atoms with E-state index in [-0.39, 0.29) is 31.6 Å². The summed E-state index contributed by atoms with van der Waals surface area (Å²) in [6, 6.07) is 12.8. The molecule has 0 saturated heterocycles. The lowest BCUT2D eigenvalue weighted by molar-refractivity contribution is -0.118. The minimum absolute atomic E-state index is 0.141. The molecule has 142 valence electrons. The van der Waals surface area contributed by atoms with Crippen LogP contribution in [0.1, 0.15) is 0 Å². The number of nitrogens with zero attached hydrogens (tertiary/aromatic N) is 1. The zero-order chi connectivity index (χ0) is 19.2. The van der Waals surface area contributed by atoms with Gasteiger partial charge in [0.1, 0.15) is 17.9 Å². The predicted molar refractivity (Wildman–Crippen MR) is 104 cm³/mol. The van der Waals surface area contributed by atoms with Crippen molar-refractivity contribution in [3.63, 3.8) is 0 Å². The van der Waals surface area contributed by atoms with Crippen LogP contribution in [0.25, 0.3) is 11.1 Å². The van der Waals surface area contributed by atoms with Crippen molar-refractivity contribution in [3.8, 4) is 29.1 Å². The second kappa shape index (κ2) is 8.59. The monoisotopic (exact) mass is 396 g/mol. The highest BCUT2D eigenvalue weighted by Gasteiger charge is 2.13. The van der Waals surface area contributed by atoms with Crippen molar-refractivity contribution in [2.45, 2.75) is 5.22 Å². The molecule has 1 aromatic heterocycles. The minimum Gasteiger partial charge on any atom is -0.481 e. The van der Waals surface area contributed by atoms with Crippen LogP contribution in [0, 0.1) is 11.8 Å². The molecule has 2 aromatic carbocycles. The molecule has 0 radical (unpaired) electrons. The molecule has 7 nitrogen and oxygen atoms in total. The van der Waals surface area contributed by atoms with Crippen LogP contribution in [-0.4, -0.2) is 36.6 Å². The summed E-state index contributed by atoms with van der Waals surface area (Å²) in [7, 11) is 0. The Morgan fingerprint density at radius 2 is 2.07 bits per heavy atom. The van der Waals surface area contributed by atoms with Gasteiger partial charge in [-0.05, 0) is 24.3 Å². The van der Waals surface area contributed by atoms with Gasteiger partial charge in [-0.1, -0.05) is 35.7 Å². The first kappa shape index (κ1) is 18.1. The van der Waals surface area contributed by atoms with Crippen molar-refractivity contribution in [1.29, 1.82) is 0 Å². The minimum atomic E-state index is -0.141. The van der Waals surface area contributed by atoms with Crippen molar-refractivity contribution >= 4 is 28.8 Å². The number of nitrogens with one attached hydrogen (secondary N) is 1. The topological polar surface area (TPSA) is 82.8 Å². The Balaban J connectivity index is 1.15. The first-order chi connectivity index (χ1) is 13.8. The maximum absolute atomic E-state index is 11.9. The van der Waals surface area contributed by atoms with Gasteiger partial charge in [0.15, 0.2) is 17.1 Å². The molecule has 0 atom stereocenters. The van der Waals surface area contributed by atoms with E-state index in [1.54, 1.807) is 18.2 Å². The molecule has 8 heteroatoms. The average Bonchev–Trinajstić information content (AvgIpc) is 3.34. The van der Waals surface area contributed by atoms with Crippen LogP contribution in [0.3, 0.4) is 0 Å². The number of hydrogen-bond donors (Lipinski definition) is 1. The van der Waals surface area contributed by atoms with Crippen LogP contribution in [0.4, 0.5) is 0 Å². The number of ether oxygens (including phenoxy) is 3. The van der Waals surface area contributed by atoms with Gasteiger partial charge in [-0.2, -0.15) is 0 Å². The molecule has 3 aromatic rings. The third-order valence-electron chi connectivity index (χ3n) is 3.75. The number of fused-ring (bicyclic) bond motifs is 2. The smallest absolute Gasteiger partial charge is 0.257 e. The molecule has 28 heavy (non-hydrogen) atoms. The summed E-state index contributed by atoms with van der Waals surface area (Å²) in [6.07, 6.45) is 0. The molecular weight excluding hydrogens is 380 g/mol. The van der Waals surface area contributed by atoms with Crippen molar-refractivity contribution in [2.24, 2.45) is 0 Å². The largest absolute Gasteiger partial charge is 0.481 e. The van der Waals surface area contributed by atoms with E-state index in [9.17, 15) is 4.79 Å². The highest BCUT2D eigenvalue weighted by molar-refractivity contribution is 7.99. The van der Waals surface area contributed by atoms with Crippen LogP contribution < -0.4 is 19.5 Å². The van der Waals surface area contributed by atoms with Gasteiger partial charge >= 0.3 is 0 Å². The molecule has 0 unspecified atom stereocenters. The third kappa shape index (κ3) is 4.50. The predicted octanol–water partition coefficient (Wildman–Crippen LogP) is 2.85. The molecule has 1 aliphatic heterocycles. The number of carbonyl (C=O) groups excluding carboxylic acids is 1. The molecule has 0 saturated carbocycles. The molecule has 1 amide bonds. The number of benzene rings is 2. The lowest BCUT2D eigenvalue weighted by atomic mass is 10.3. The van der Waals surface area contributed by atoms with Crippen molar-refractivity contribution in [1.82, 2.24) is 10.3 Å².